The number of hydrogen-bond acceptors (Lipinski definition) is 6. The molecule has 0 saturated heterocycles. The number of rotatable bonds is 22. The van der Waals surface area contributed by atoms with E-state index in [4.69, 9.17) is 19.5 Å². The van der Waals surface area contributed by atoms with Crippen LogP contribution in [0.1, 0.15) is 232 Å². The number of nitrogens with zero attached hydrogens (tertiary/aromatic N) is 2. The smallest absolute Gasteiger partial charge is 0.309 e. The van der Waals surface area contributed by atoms with E-state index in [1.165, 1.54) is 141 Å². The highest BCUT2D eigenvalue weighted by Crippen LogP contribution is 2.35. The Morgan fingerprint density at radius 1 is 0.464 bits per heavy atom. The van der Waals surface area contributed by atoms with Gasteiger partial charge in [-0.2, -0.15) is 0 Å². The van der Waals surface area contributed by atoms with E-state index in [0.29, 0.717) is 30.3 Å². The van der Waals surface area contributed by atoms with Crippen LogP contribution < -0.4 is 0 Å². The molecule has 0 spiro atoms. The third kappa shape index (κ3) is 16.9. The molecule has 0 aliphatic heterocycles. The summed E-state index contributed by atoms with van der Waals surface area (Å²) >= 11 is 0. The molecule has 0 aromatic rings. The molecule has 6 nitrogen and oxygen atoms in total. The molecule has 5 fully saturated rings. The monoisotopic (exact) mass is 779 g/mol. The van der Waals surface area contributed by atoms with Crippen molar-refractivity contribution in [1.29, 1.82) is 0 Å². The minimum atomic E-state index is -0.123. The van der Waals surface area contributed by atoms with Crippen molar-refractivity contribution in [3.63, 3.8) is 0 Å². The molecule has 56 heavy (non-hydrogen) atoms. The molecule has 5 saturated carbocycles. The highest BCUT2D eigenvalue weighted by molar-refractivity contribution is 5.74. The lowest BCUT2D eigenvalue weighted by atomic mass is 9.81. The van der Waals surface area contributed by atoms with Gasteiger partial charge in [-0.1, -0.05) is 104 Å². The van der Waals surface area contributed by atoms with Gasteiger partial charge in [0.2, 0.25) is 0 Å². The third-order valence-corrected chi connectivity index (χ3v) is 14.9. The molecule has 5 rings (SSSR count). The van der Waals surface area contributed by atoms with Crippen LogP contribution in [0.15, 0.2) is 9.98 Å². The van der Waals surface area contributed by atoms with Gasteiger partial charge in [0.1, 0.15) is 12.2 Å². The summed E-state index contributed by atoms with van der Waals surface area (Å²) < 4.78 is 12.2. The summed E-state index contributed by atoms with van der Waals surface area (Å²) in [4.78, 5) is 36.6. The Morgan fingerprint density at radius 2 is 0.839 bits per heavy atom. The van der Waals surface area contributed by atoms with Crippen LogP contribution in [0, 0.1) is 35.5 Å². The van der Waals surface area contributed by atoms with Crippen LogP contribution in [-0.4, -0.2) is 48.7 Å². The summed E-state index contributed by atoms with van der Waals surface area (Å²) in [5.41, 5.74) is 0. The fourth-order valence-corrected chi connectivity index (χ4v) is 10.9. The quantitative estimate of drug-likeness (QED) is 0.0623. The van der Waals surface area contributed by atoms with Gasteiger partial charge in [-0.15, -0.1) is 0 Å². The first kappa shape index (κ1) is 45.4. The maximum absolute atomic E-state index is 13.2. The van der Waals surface area contributed by atoms with Gasteiger partial charge in [0.15, 0.2) is 0 Å². The van der Waals surface area contributed by atoms with Crippen LogP contribution in [0.25, 0.3) is 0 Å². The van der Waals surface area contributed by atoms with Gasteiger partial charge in [0.25, 0.3) is 0 Å². The van der Waals surface area contributed by atoms with Gasteiger partial charge < -0.3 is 9.47 Å². The Bertz CT molecular complexity index is 1040. The summed E-state index contributed by atoms with van der Waals surface area (Å²) in [5, 5.41) is 0. The highest BCUT2D eigenvalue weighted by atomic mass is 16.6. The van der Waals surface area contributed by atoms with Gasteiger partial charge in [-0.25, -0.2) is 0 Å². The molecule has 0 heterocycles. The number of carbonyl (C=O) groups excluding carboxylic acids is 2. The van der Waals surface area contributed by atoms with E-state index >= 15 is 0 Å². The normalized spacial score (nSPS) is 33.1. The van der Waals surface area contributed by atoms with Crippen LogP contribution in [0.4, 0.5) is 0 Å². The highest BCUT2D eigenvalue weighted by Gasteiger charge is 2.34. The van der Waals surface area contributed by atoms with E-state index in [2.05, 4.69) is 26.3 Å². The van der Waals surface area contributed by atoms with E-state index in [-0.39, 0.29) is 36.0 Å². The van der Waals surface area contributed by atoms with Crippen LogP contribution >= 0.6 is 0 Å². The van der Waals surface area contributed by atoms with Gasteiger partial charge in [0.05, 0.1) is 11.8 Å². The molecule has 320 valence electrons. The first-order chi connectivity index (χ1) is 27.5. The zero-order valence-electron chi connectivity index (χ0n) is 36.5. The summed E-state index contributed by atoms with van der Waals surface area (Å²) in [6.45, 7) is 4.58. The Hall–Kier alpha value is -1.72. The Morgan fingerprint density at radius 3 is 1.23 bits per heavy atom. The second-order valence-electron chi connectivity index (χ2n) is 19.6. The predicted octanol–water partition coefficient (Wildman–Crippen LogP) is 13.8. The number of ether oxygens (including phenoxy) is 2. The summed E-state index contributed by atoms with van der Waals surface area (Å²) in [5.74, 6) is 2.82. The van der Waals surface area contributed by atoms with E-state index in [1.807, 2.05) is 0 Å². The van der Waals surface area contributed by atoms with Crippen molar-refractivity contribution < 1.29 is 19.1 Å². The van der Waals surface area contributed by atoms with Crippen molar-refractivity contribution in [1.82, 2.24) is 0 Å². The van der Waals surface area contributed by atoms with Crippen molar-refractivity contribution in [2.24, 2.45) is 45.5 Å². The SMILES string of the molecule is CCCCCCCCC1CCC(N=CC2CCC(C(=O)OC3CCCC(OC(=O)C4CCC(C=NC5CCC(CCCCCCCC)CC5)CC4)C3)CC2)CC1. The number of unbranched alkanes of at least 4 members (excludes halogenated alkanes) is 10. The van der Waals surface area contributed by atoms with Crippen LogP contribution in [0.3, 0.4) is 0 Å². The molecule has 0 aromatic carbocycles. The fraction of sp³-hybridized carbons (Fsp3) is 0.920. The molecule has 0 aromatic heterocycles. The van der Waals surface area contributed by atoms with Gasteiger partial charge in [-0.3, -0.25) is 19.6 Å². The molecule has 0 N–H and O–H groups in total. The molecule has 6 heteroatoms. The van der Waals surface area contributed by atoms with Crippen LogP contribution in [-0.2, 0) is 19.1 Å². The average Bonchev–Trinajstić information content (AvgIpc) is 3.23. The van der Waals surface area contributed by atoms with Crippen molar-refractivity contribution in [3.8, 4) is 0 Å². The Labute approximate surface area is 344 Å². The minimum Gasteiger partial charge on any atom is -0.462 e. The van der Waals surface area contributed by atoms with Crippen molar-refractivity contribution >= 4 is 24.4 Å². The van der Waals surface area contributed by atoms with Crippen molar-refractivity contribution in [2.45, 2.75) is 256 Å². The van der Waals surface area contributed by atoms with Crippen molar-refractivity contribution in [3.05, 3.63) is 0 Å². The number of aliphatic imine (C=N–C) groups is 2. The lowest BCUT2D eigenvalue weighted by Gasteiger charge is -2.33. The lowest BCUT2D eigenvalue weighted by Crippen LogP contribution is -2.35. The summed E-state index contributed by atoms with van der Waals surface area (Å²) in [6, 6.07) is 1.03. The Kier molecular flexibility index (Phi) is 21.4. The second kappa shape index (κ2) is 26.4. The van der Waals surface area contributed by atoms with E-state index in [1.54, 1.807) is 0 Å². The maximum atomic E-state index is 13.2. The lowest BCUT2D eigenvalue weighted by molar-refractivity contribution is -0.165. The number of carbonyl (C=O) groups is 2. The van der Waals surface area contributed by atoms with E-state index < -0.39 is 0 Å². The van der Waals surface area contributed by atoms with Gasteiger partial charge in [0, 0.05) is 30.9 Å². The molecule has 0 radical (unpaired) electrons. The van der Waals surface area contributed by atoms with Crippen LogP contribution in [0.5, 0.6) is 0 Å². The van der Waals surface area contributed by atoms with E-state index in [0.717, 1.165) is 82.5 Å². The van der Waals surface area contributed by atoms with Crippen LogP contribution in [0.2, 0.25) is 0 Å². The number of hydrogen-bond donors (Lipinski definition) is 0. The first-order valence-corrected chi connectivity index (χ1v) is 25.0. The molecule has 0 bridgehead atoms. The van der Waals surface area contributed by atoms with Gasteiger partial charge in [-0.05, 0) is 146 Å². The zero-order valence-corrected chi connectivity index (χ0v) is 36.5. The molecule has 5 aliphatic carbocycles. The standard InChI is InChI=1S/C50H86N2O4/c1-3-5-7-9-11-13-16-39-24-32-45(33-25-39)51-37-41-20-28-43(29-21-41)49(53)55-47-18-15-19-48(36-47)56-50(54)44-30-22-42(23-31-44)38-52-46-34-26-40(27-35-46)17-14-12-10-8-6-4-2/h37-48H,3-36H2,1-2H3. The first-order valence-electron chi connectivity index (χ1n) is 25.0. The largest absolute Gasteiger partial charge is 0.462 e. The second-order valence-corrected chi connectivity index (χ2v) is 19.6. The topological polar surface area (TPSA) is 77.3 Å². The minimum absolute atomic E-state index is 0.00338. The Balaban J connectivity index is 0.892. The maximum Gasteiger partial charge on any atom is 0.309 e. The third-order valence-electron chi connectivity index (χ3n) is 14.9. The van der Waals surface area contributed by atoms with E-state index in [9.17, 15) is 9.59 Å². The fourth-order valence-electron chi connectivity index (χ4n) is 10.9. The average molecular weight is 779 g/mol. The van der Waals surface area contributed by atoms with Crippen molar-refractivity contribution in [2.75, 3.05) is 0 Å². The molecular weight excluding hydrogens is 693 g/mol. The zero-order chi connectivity index (χ0) is 39.2. The van der Waals surface area contributed by atoms with Gasteiger partial charge >= 0.3 is 11.9 Å². The molecule has 5 aliphatic rings. The number of esters is 2. The summed E-state index contributed by atoms with van der Waals surface area (Å²) in [7, 11) is 0. The molecule has 2 unspecified atom stereocenters. The molecular formula is C50H86N2O4. The predicted molar refractivity (Wildman–Crippen MR) is 234 cm³/mol. The molecule has 0 amide bonds. The summed E-state index contributed by atoms with van der Waals surface area (Å²) in [6.07, 6.45) is 45.5. The molecule has 2 atom stereocenters.